The first-order valence-electron chi connectivity index (χ1n) is 8.51. The van der Waals surface area contributed by atoms with Gasteiger partial charge in [-0.1, -0.05) is 29.8 Å². The summed E-state index contributed by atoms with van der Waals surface area (Å²) >= 11 is 6.01. The number of carbonyl (C=O) groups excluding carboxylic acids is 1. The largest absolute Gasteiger partial charge is 0.340 e. The molecule has 1 aliphatic heterocycles. The van der Waals surface area contributed by atoms with E-state index < -0.39 is 0 Å². The number of carbonyl (C=O) groups is 1. The normalized spacial score (nSPS) is 12.8. The van der Waals surface area contributed by atoms with Crippen molar-refractivity contribution in [1.29, 1.82) is 0 Å². The van der Waals surface area contributed by atoms with Gasteiger partial charge >= 0.3 is 0 Å². The second-order valence-electron chi connectivity index (χ2n) is 6.35. The van der Waals surface area contributed by atoms with Crippen molar-refractivity contribution in [3.63, 3.8) is 0 Å². The number of rotatable bonds is 3. The van der Waals surface area contributed by atoms with Crippen LogP contribution in [-0.2, 0) is 6.42 Å². The van der Waals surface area contributed by atoms with E-state index in [4.69, 9.17) is 11.6 Å². The predicted molar refractivity (Wildman–Crippen MR) is 106 cm³/mol. The van der Waals surface area contributed by atoms with Gasteiger partial charge in [-0.3, -0.25) is 4.79 Å². The summed E-state index contributed by atoms with van der Waals surface area (Å²) < 4.78 is 0. The molecule has 130 valence electrons. The van der Waals surface area contributed by atoms with Gasteiger partial charge in [0.15, 0.2) is 0 Å². The molecule has 0 atom stereocenters. The Labute approximate surface area is 157 Å². The zero-order valence-electron chi connectivity index (χ0n) is 14.4. The first kappa shape index (κ1) is 16.6. The molecule has 4 rings (SSSR count). The molecule has 5 heteroatoms. The third-order valence-corrected chi connectivity index (χ3v) is 4.83. The van der Waals surface area contributed by atoms with Gasteiger partial charge in [0.25, 0.3) is 5.91 Å². The number of nitrogens with one attached hydrogen (secondary N) is 1. The van der Waals surface area contributed by atoms with Crippen molar-refractivity contribution in [3.05, 3.63) is 82.5 Å². The molecule has 2 heterocycles. The van der Waals surface area contributed by atoms with E-state index in [1.807, 2.05) is 48.2 Å². The fraction of sp³-hybridized carbons (Fsp3) is 0.143. The van der Waals surface area contributed by atoms with E-state index in [2.05, 4.69) is 16.4 Å². The molecule has 0 fully saturated rings. The lowest BCUT2D eigenvalue weighted by molar-refractivity contribution is 0.0989. The smallest absolute Gasteiger partial charge is 0.258 e. The van der Waals surface area contributed by atoms with Gasteiger partial charge in [-0.2, -0.15) is 0 Å². The van der Waals surface area contributed by atoms with Gasteiger partial charge in [0.2, 0.25) is 0 Å². The fourth-order valence-corrected chi connectivity index (χ4v) is 3.47. The van der Waals surface area contributed by atoms with Gasteiger partial charge in [0.1, 0.15) is 5.82 Å². The summed E-state index contributed by atoms with van der Waals surface area (Å²) in [6.45, 7) is 2.68. The number of nitrogens with zero attached hydrogens (tertiary/aromatic N) is 2. The second-order valence-corrected chi connectivity index (χ2v) is 6.79. The van der Waals surface area contributed by atoms with Gasteiger partial charge in [-0.25, -0.2) is 4.98 Å². The highest BCUT2D eigenvalue weighted by atomic mass is 35.5. The van der Waals surface area contributed by atoms with Crippen LogP contribution in [0.25, 0.3) is 0 Å². The molecule has 1 aromatic heterocycles. The molecular weight excluding hydrogens is 346 g/mol. The maximum Gasteiger partial charge on any atom is 0.258 e. The SMILES string of the molecule is Cc1cc(Cl)ccc1Nc1cc(C(=O)N2CCc3ccccc32)ccn1. The standard InChI is InChI=1S/C21H18ClN3O/c1-14-12-17(22)6-7-18(14)24-20-13-16(8-10-23-20)21(26)25-11-9-15-4-2-3-5-19(15)25/h2-8,10,12-13H,9,11H2,1H3,(H,23,24). The molecule has 0 unspecified atom stereocenters. The third-order valence-electron chi connectivity index (χ3n) is 4.59. The van der Waals surface area contributed by atoms with Crippen LogP contribution in [0, 0.1) is 6.92 Å². The maximum atomic E-state index is 13.0. The first-order chi connectivity index (χ1) is 12.6. The Morgan fingerprint density at radius 3 is 2.85 bits per heavy atom. The number of pyridine rings is 1. The minimum atomic E-state index is -0.00627. The summed E-state index contributed by atoms with van der Waals surface area (Å²) in [5, 5.41) is 3.96. The van der Waals surface area contributed by atoms with Gasteiger partial charge in [0.05, 0.1) is 0 Å². The molecule has 1 N–H and O–H groups in total. The van der Waals surface area contributed by atoms with E-state index in [1.54, 1.807) is 18.3 Å². The highest BCUT2D eigenvalue weighted by molar-refractivity contribution is 6.30. The zero-order chi connectivity index (χ0) is 18.1. The summed E-state index contributed by atoms with van der Waals surface area (Å²) in [6.07, 6.45) is 2.55. The van der Waals surface area contributed by atoms with E-state index in [0.717, 1.165) is 23.4 Å². The first-order valence-corrected chi connectivity index (χ1v) is 8.88. The van der Waals surface area contributed by atoms with Crippen LogP contribution in [0.3, 0.4) is 0 Å². The summed E-state index contributed by atoms with van der Waals surface area (Å²) in [7, 11) is 0. The summed E-state index contributed by atoms with van der Waals surface area (Å²) in [5.74, 6) is 0.627. The molecule has 0 saturated carbocycles. The topological polar surface area (TPSA) is 45.2 Å². The number of benzene rings is 2. The van der Waals surface area contributed by atoms with Crippen LogP contribution in [0.5, 0.6) is 0 Å². The quantitative estimate of drug-likeness (QED) is 0.713. The van der Waals surface area contributed by atoms with E-state index in [0.29, 0.717) is 22.9 Å². The lowest BCUT2D eigenvalue weighted by Crippen LogP contribution is -2.28. The minimum absolute atomic E-state index is 0.00627. The number of amides is 1. The van der Waals surface area contributed by atoms with Crippen molar-refractivity contribution in [2.45, 2.75) is 13.3 Å². The molecule has 0 bridgehead atoms. The number of para-hydroxylation sites is 1. The molecule has 4 nitrogen and oxygen atoms in total. The Bertz CT molecular complexity index is 986. The zero-order valence-corrected chi connectivity index (χ0v) is 15.1. The van der Waals surface area contributed by atoms with Crippen LogP contribution < -0.4 is 10.2 Å². The molecule has 26 heavy (non-hydrogen) atoms. The van der Waals surface area contributed by atoms with Crippen LogP contribution in [-0.4, -0.2) is 17.4 Å². The molecule has 0 aliphatic carbocycles. The van der Waals surface area contributed by atoms with E-state index in [9.17, 15) is 4.79 Å². The van der Waals surface area contributed by atoms with Crippen molar-refractivity contribution in [2.24, 2.45) is 0 Å². The van der Waals surface area contributed by atoms with E-state index >= 15 is 0 Å². The van der Waals surface area contributed by atoms with Crippen LogP contribution in [0.15, 0.2) is 60.8 Å². The molecule has 1 aliphatic rings. The number of hydrogen-bond donors (Lipinski definition) is 1. The summed E-state index contributed by atoms with van der Waals surface area (Å²) in [5.41, 5.74) is 4.76. The predicted octanol–water partition coefficient (Wildman–Crippen LogP) is 4.99. The van der Waals surface area contributed by atoms with Gasteiger partial charge in [-0.05, 0) is 60.9 Å². The number of aryl methyl sites for hydroxylation is 1. The molecule has 0 radical (unpaired) electrons. The Kier molecular flexibility index (Phi) is 4.35. The van der Waals surface area contributed by atoms with E-state index in [1.165, 1.54) is 5.56 Å². The monoisotopic (exact) mass is 363 g/mol. The van der Waals surface area contributed by atoms with Crippen LogP contribution in [0.4, 0.5) is 17.2 Å². The molecule has 0 saturated heterocycles. The number of fused-ring (bicyclic) bond motifs is 1. The highest BCUT2D eigenvalue weighted by Gasteiger charge is 2.25. The Morgan fingerprint density at radius 2 is 2.00 bits per heavy atom. The van der Waals surface area contributed by atoms with Crippen LogP contribution >= 0.6 is 11.6 Å². The Morgan fingerprint density at radius 1 is 1.15 bits per heavy atom. The van der Waals surface area contributed by atoms with E-state index in [-0.39, 0.29) is 5.91 Å². The Balaban J connectivity index is 1.59. The van der Waals surface area contributed by atoms with Crippen molar-refractivity contribution < 1.29 is 4.79 Å². The fourth-order valence-electron chi connectivity index (χ4n) is 3.24. The summed E-state index contributed by atoms with van der Waals surface area (Å²) in [6, 6.07) is 17.2. The molecule has 3 aromatic rings. The van der Waals surface area contributed by atoms with Crippen LogP contribution in [0.1, 0.15) is 21.5 Å². The van der Waals surface area contributed by atoms with Gasteiger partial charge < -0.3 is 10.2 Å². The maximum absolute atomic E-state index is 13.0. The lowest BCUT2D eigenvalue weighted by Gasteiger charge is -2.18. The van der Waals surface area contributed by atoms with Crippen molar-refractivity contribution in [3.8, 4) is 0 Å². The number of halogens is 1. The van der Waals surface area contributed by atoms with Gasteiger partial charge in [-0.15, -0.1) is 0 Å². The van der Waals surface area contributed by atoms with Gasteiger partial charge in [0, 0.05) is 34.7 Å². The van der Waals surface area contributed by atoms with Crippen molar-refractivity contribution in [2.75, 3.05) is 16.8 Å². The number of anilines is 3. The average molecular weight is 364 g/mol. The lowest BCUT2D eigenvalue weighted by atomic mass is 10.1. The minimum Gasteiger partial charge on any atom is -0.340 e. The van der Waals surface area contributed by atoms with Crippen LogP contribution in [0.2, 0.25) is 5.02 Å². The molecular formula is C21H18ClN3O. The summed E-state index contributed by atoms with van der Waals surface area (Å²) in [4.78, 5) is 19.2. The number of hydrogen-bond acceptors (Lipinski definition) is 3. The number of aromatic nitrogens is 1. The third kappa shape index (κ3) is 3.16. The van der Waals surface area contributed by atoms with Crippen molar-refractivity contribution in [1.82, 2.24) is 4.98 Å². The molecule has 1 amide bonds. The molecule has 0 spiro atoms. The van der Waals surface area contributed by atoms with Crippen molar-refractivity contribution >= 4 is 34.7 Å². The second kappa shape index (κ2) is 6.81. The average Bonchev–Trinajstić information content (AvgIpc) is 3.08. The highest BCUT2D eigenvalue weighted by Crippen LogP contribution is 2.29. The Hall–Kier alpha value is -2.85. The molecule has 2 aromatic carbocycles.